The van der Waals surface area contributed by atoms with Crippen molar-refractivity contribution >= 4 is 21.4 Å². The summed E-state index contributed by atoms with van der Waals surface area (Å²) in [4.78, 5) is 10.3. The van der Waals surface area contributed by atoms with Crippen LogP contribution in [0, 0.1) is 10.1 Å². The Morgan fingerprint density at radius 3 is 2.47 bits per heavy atom. The number of sulfonamides is 1. The first-order chi connectivity index (χ1) is 8.64. The first kappa shape index (κ1) is 13.8. The Balaban J connectivity index is 2.53. The molecule has 0 radical (unpaired) electrons. The van der Waals surface area contributed by atoms with Gasteiger partial charge in [-0.05, 0) is 32.8 Å². The standard InChI is InChI=1S/C12H16N2O4S/c1-12(2,3)19(17,18)13-7-6-9-4-5-10(14(15)16)8-11(9)13/h4-5,8H,6-7H2,1-3H3. The number of nitro benzene ring substituents is 1. The molecule has 2 rings (SSSR count). The van der Waals surface area contributed by atoms with E-state index in [0.29, 0.717) is 18.7 Å². The van der Waals surface area contributed by atoms with Gasteiger partial charge in [-0.2, -0.15) is 0 Å². The summed E-state index contributed by atoms with van der Waals surface area (Å²) >= 11 is 0. The predicted octanol–water partition coefficient (Wildman–Crippen LogP) is 2.09. The van der Waals surface area contributed by atoms with Gasteiger partial charge in [0.25, 0.3) is 5.69 Å². The van der Waals surface area contributed by atoms with Gasteiger partial charge in [-0.1, -0.05) is 6.07 Å². The van der Waals surface area contributed by atoms with Gasteiger partial charge in [0.05, 0.1) is 15.4 Å². The fourth-order valence-electron chi connectivity index (χ4n) is 2.03. The first-order valence-electron chi connectivity index (χ1n) is 5.94. The fourth-order valence-corrected chi connectivity index (χ4v) is 3.45. The van der Waals surface area contributed by atoms with Gasteiger partial charge < -0.3 is 0 Å². The summed E-state index contributed by atoms with van der Waals surface area (Å²) in [5.74, 6) is 0. The molecule has 0 saturated carbocycles. The highest BCUT2D eigenvalue weighted by molar-refractivity contribution is 7.94. The smallest absolute Gasteiger partial charge is 0.269 e. The number of nitro groups is 1. The van der Waals surface area contributed by atoms with Crippen LogP contribution in [0.1, 0.15) is 26.3 Å². The number of non-ortho nitro benzene ring substituents is 1. The molecule has 0 spiro atoms. The molecule has 1 aromatic carbocycles. The molecule has 6 nitrogen and oxygen atoms in total. The molecule has 0 N–H and O–H groups in total. The molecule has 0 atom stereocenters. The lowest BCUT2D eigenvalue weighted by atomic mass is 10.1. The molecule has 0 saturated heterocycles. The molecule has 0 aliphatic carbocycles. The highest BCUT2D eigenvalue weighted by Crippen LogP contribution is 2.36. The molecule has 0 amide bonds. The molecule has 7 heteroatoms. The van der Waals surface area contributed by atoms with Gasteiger partial charge in [0, 0.05) is 18.7 Å². The number of rotatable bonds is 2. The van der Waals surface area contributed by atoms with Crippen LogP contribution in [-0.2, 0) is 16.4 Å². The fraction of sp³-hybridized carbons (Fsp3) is 0.500. The van der Waals surface area contributed by atoms with Crippen LogP contribution in [0.3, 0.4) is 0 Å². The summed E-state index contributed by atoms with van der Waals surface area (Å²) < 4.78 is 25.3. The maximum absolute atomic E-state index is 12.5. The summed E-state index contributed by atoms with van der Waals surface area (Å²) in [6.45, 7) is 5.21. The quantitative estimate of drug-likeness (QED) is 0.615. The van der Waals surface area contributed by atoms with Crippen LogP contribution >= 0.6 is 0 Å². The summed E-state index contributed by atoms with van der Waals surface area (Å²) in [6, 6.07) is 4.38. The Morgan fingerprint density at radius 1 is 1.32 bits per heavy atom. The zero-order valence-electron chi connectivity index (χ0n) is 11.1. The van der Waals surface area contributed by atoms with E-state index >= 15 is 0 Å². The maximum atomic E-state index is 12.5. The molecule has 19 heavy (non-hydrogen) atoms. The minimum atomic E-state index is -3.52. The van der Waals surface area contributed by atoms with Gasteiger partial charge in [-0.25, -0.2) is 8.42 Å². The lowest BCUT2D eigenvalue weighted by molar-refractivity contribution is -0.384. The van der Waals surface area contributed by atoms with Crippen molar-refractivity contribution < 1.29 is 13.3 Å². The number of benzene rings is 1. The van der Waals surface area contributed by atoms with Crippen LogP contribution in [0.15, 0.2) is 18.2 Å². The summed E-state index contributed by atoms with van der Waals surface area (Å²) in [5.41, 5.74) is 1.18. The summed E-state index contributed by atoms with van der Waals surface area (Å²) in [5, 5.41) is 10.8. The lowest BCUT2D eigenvalue weighted by Gasteiger charge is -2.28. The number of anilines is 1. The molecular formula is C12H16N2O4S. The van der Waals surface area contributed by atoms with Crippen molar-refractivity contribution in [2.24, 2.45) is 0 Å². The van der Waals surface area contributed by atoms with E-state index in [0.717, 1.165) is 5.56 Å². The topological polar surface area (TPSA) is 80.5 Å². The Hall–Kier alpha value is -1.63. The molecule has 1 aliphatic heterocycles. The molecule has 0 unspecified atom stereocenters. The van der Waals surface area contributed by atoms with Gasteiger partial charge in [-0.15, -0.1) is 0 Å². The van der Waals surface area contributed by atoms with E-state index in [2.05, 4.69) is 0 Å². The Labute approximate surface area is 112 Å². The van der Waals surface area contributed by atoms with Crippen molar-refractivity contribution in [3.05, 3.63) is 33.9 Å². The highest BCUT2D eigenvalue weighted by atomic mass is 32.2. The Kier molecular flexibility index (Phi) is 3.04. The van der Waals surface area contributed by atoms with Gasteiger partial charge in [-0.3, -0.25) is 14.4 Å². The monoisotopic (exact) mass is 284 g/mol. The second kappa shape index (κ2) is 4.19. The SMILES string of the molecule is CC(C)(C)S(=O)(=O)N1CCc2ccc([N+](=O)[O-])cc21. The highest BCUT2D eigenvalue weighted by Gasteiger charge is 2.39. The van der Waals surface area contributed by atoms with Crippen molar-refractivity contribution in [3.8, 4) is 0 Å². The lowest BCUT2D eigenvalue weighted by Crippen LogP contribution is -2.42. The van der Waals surface area contributed by atoms with Crippen molar-refractivity contribution in [2.45, 2.75) is 31.9 Å². The molecular weight excluding hydrogens is 268 g/mol. The molecule has 104 valence electrons. The Bertz CT molecular complexity index is 632. The third-order valence-corrected chi connectivity index (χ3v) is 5.70. The zero-order chi connectivity index (χ0) is 14.4. The minimum Gasteiger partial charge on any atom is -0.269 e. The molecule has 1 heterocycles. The summed E-state index contributed by atoms with van der Waals surface area (Å²) in [6.07, 6.45) is 0.586. The number of fused-ring (bicyclic) bond motifs is 1. The van der Waals surface area contributed by atoms with Crippen molar-refractivity contribution in [2.75, 3.05) is 10.8 Å². The second-order valence-electron chi connectivity index (χ2n) is 5.51. The van der Waals surface area contributed by atoms with Crippen LogP contribution in [0.2, 0.25) is 0 Å². The number of hydrogen-bond donors (Lipinski definition) is 0. The first-order valence-corrected chi connectivity index (χ1v) is 7.38. The maximum Gasteiger partial charge on any atom is 0.271 e. The van der Waals surface area contributed by atoms with Crippen molar-refractivity contribution in [3.63, 3.8) is 0 Å². The molecule has 1 aromatic rings. The van der Waals surface area contributed by atoms with Gasteiger partial charge >= 0.3 is 0 Å². The molecule has 0 aromatic heterocycles. The third kappa shape index (κ3) is 2.18. The normalized spacial score (nSPS) is 15.4. The predicted molar refractivity (Wildman–Crippen MR) is 72.8 cm³/mol. The van der Waals surface area contributed by atoms with E-state index in [9.17, 15) is 18.5 Å². The van der Waals surface area contributed by atoms with Crippen LogP contribution in [0.25, 0.3) is 0 Å². The minimum absolute atomic E-state index is 0.0882. The van der Waals surface area contributed by atoms with Gasteiger partial charge in [0.2, 0.25) is 10.0 Å². The van der Waals surface area contributed by atoms with E-state index in [4.69, 9.17) is 0 Å². The zero-order valence-corrected chi connectivity index (χ0v) is 11.9. The summed E-state index contributed by atoms with van der Waals surface area (Å²) in [7, 11) is -3.52. The van der Waals surface area contributed by atoms with E-state index in [-0.39, 0.29) is 5.69 Å². The van der Waals surface area contributed by atoms with E-state index < -0.39 is 19.7 Å². The molecule has 0 fully saturated rings. The number of hydrogen-bond acceptors (Lipinski definition) is 4. The van der Waals surface area contributed by atoms with Crippen molar-refractivity contribution in [1.82, 2.24) is 0 Å². The molecule has 0 bridgehead atoms. The molecule has 1 aliphatic rings. The van der Waals surface area contributed by atoms with E-state index in [1.807, 2.05) is 0 Å². The van der Waals surface area contributed by atoms with Crippen LogP contribution in [0.5, 0.6) is 0 Å². The number of nitrogens with zero attached hydrogens (tertiary/aromatic N) is 2. The third-order valence-electron chi connectivity index (χ3n) is 3.20. The van der Waals surface area contributed by atoms with Crippen LogP contribution < -0.4 is 4.31 Å². The average Bonchev–Trinajstić information content (AvgIpc) is 2.70. The van der Waals surface area contributed by atoms with Gasteiger partial charge in [0.15, 0.2) is 0 Å². The van der Waals surface area contributed by atoms with E-state index in [1.54, 1.807) is 26.8 Å². The van der Waals surface area contributed by atoms with Crippen molar-refractivity contribution in [1.29, 1.82) is 0 Å². The average molecular weight is 284 g/mol. The largest absolute Gasteiger partial charge is 0.271 e. The second-order valence-corrected chi connectivity index (χ2v) is 8.13. The van der Waals surface area contributed by atoms with Crippen LogP contribution in [-0.4, -0.2) is 24.6 Å². The Morgan fingerprint density at radius 2 is 1.95 bits per heavy atom. The van der Waals surface area contributed by atoms with Gasteiger partial charge in [0.1, 0.15) is 0 Å². The van der Waals surface area contributed by atoms with E-state index in [1.165, 1.54) is 16.4 Å². The van der Waals surface area contributed by atoms with Crippen LogP contribution in [0.4, 0.5) is 11.4 Å².